The predicted molar refractivity (Wildman–Crippen MR) is 103 cm³/mol. The Labute approximate surface area is 165 Å². The number of nitrogens with zero attached hydrogens (tertiary/aromatic N) is 1. The van der Waals surface area contributed by atoms with Crippen LogP contribution in [-0.2, 0) is 14.4 Å². The molecule has 0 spiro atoms. The van der Waals surface area contributed by atoms with Gasteiger partial charge in [0.15, 0.2) is 0 Å². The largest absolute Gasteiger partial charge is 0.495 e. The number of halogens is 2. The lowest BCUT2D eigenvalue weighted by molar-refractivity contribution is -0.121. The number of nitrogens with one attached hydrogen (secondary N) is 2. The molecule has 2 aromatic rings. The van der Waals surface area contributed by atoms with Gasteiger partial charge in [-0.25, -0.2) is 9.29 Å². The van der Waals surface area contributed by atoms with E-state index in [-0.39, 0.29) is 23.0 Å². The third-order valence-electron chi connectivity index (χ3n) is 4.16. The van der Waals surface area contributed by atoms with E-state index >= 15 is 0 Å². The van der Waals surface area contributed by atoms with Crippen molar-refractivity contribution in [3.8, 4) is 5.75 Å². The summed E-state index contributed by atoms with van der Waals surface area (Å²) in [5.41, 5.74) is 1.15. The van der Waals surface area contributed by atoms with Gasteiger partial charge in [0.05, 0.1) is 29.9 Å². The van der Waals surface area contributed by atoms with Gasteiger partial charge in [-0.3, -0.25) is 14.4 Å². The number of amides is 3. The van der Waals surface area contributed by atoms with Crippen molar-refractivity contribution >= 4 is 46.4 Å². The first-order valence-electron chi connectivity index (χ1n) is 8.34. The number of carbonyl (C=O) groups excluding carboxylic acids is 3. The molecule has 28 heavy (non-hydrogen) atoms. The normalized spacial score (nSPS) is 16.3. The van der Waals surface area contributed by atoms with Gasteiger partial charge < -0.3 is 15.4 Å². The first kappa shape index (κ1) is 19.6. The number of rotatable bonds is 5. The summed E-state index contributed by atoms with van der Waals surface area (Å²) in [5, 5.41) is 5.44. The van der Waals surface area contributed by atoms with E-state index in [1.807, 2.05) is 0 Å². The van der Waals surface area contributed by atoms with Crippen LogP contribution in [0.1, 0.15) is 13.3 Å². The molecule has 0 saturated carbocycles. The topological polar surface area (TPSA) is 87.7 Å². The zero-order valence-electron chi connectivity index (χ0n) is 15.1. The zero-order valence-corrected chi connectivity index (χ0v) is 15.8. The molecule has 9 heteroatoms. The third kappa shape index (κ3) is 3.91. The van der Waals surface area contributed by atoms with Crippen LogP contribution in [-0.4, -0.2) is 30.9 Å². The number of benzene rings is 2. The van der Waals surface area contributed by atoms with Gasteiger partial charge in [-0.15, -0.1) is 0 Å². The molecule has 2 aromatic carbocycles. The van der Waals surface area contributed by atoms with E-state index in [9.17, 15) is 18.8 Å². The fraction of sp³-hybridized carbons (Fsp3) is 0.211. The highest BCUT2D eigenvalue weighted by molar-refractivity contribution is 6.31. The van der Waals surface area contributed by atoms with Gasteiger partial charge in [0, 0.05) is 12.6 Å². The van der Waals surface area contributed by atoms with Crippen LogP contribution in [0.4, 0.5) is 21.5 Å². The Morgan fingerprint density at radius 3 is 2.64 bits per heavy atom. The van der Waals surface area contributed by atoms with E-state index in [0.717, 1.165) is 11.0 Å². The molecule has 146 valence electrons. The molecule has 2 N–H and O–H groups in total. The van der Waals surface area contributed by atoms with Crippen molar-refractivity contribution in [2.24, 2.45) is 0 Å². The first-order chi connectivity index (χ1) is 13.3. The van der Waals surface area contributed by atoms with Crippen LogP contribution >= 0.6 is 11.6 Å². The van der Waals surface area contributed by atoms with E-state index in [4.69, 9.17) is 16.3 Å². The second-order valence-corrected chi connectivity index (χ2v) is 6.57. The number of carbonyl (C=O) groups is 3. The SMILES string of the molecule is COc1ccc(NC(C)=O)cc1N[C@@H]1CC(=O)N(c2ccc(F)c(Cl)c2)C1=O. The summed E-state index contributed by atoms with van der Waals surface area (Å²) < 4.78 is 18.7. The van der Waals surface area contributed by atoms with Gasteiger partial charge in [0.1, 0.15) is 17.6 Å². The van der Waals surface area contributed by atoms with Crippen LogP contribution in [0.2, 0.25) is 5.02 Å². The van der Waals surface area contributed by atoms with Gasteiger partial charge in [-0.1, -0.05) is 11.6 Å². The van der Waals surface area contributed by atoms with Gasteiger partial charge in [-0.05, 0) is 36.4 Å². The maximum atomic E-state index is 13.4. The number of methoxy groups -OCH3 is 1. The van der Waals surface area contributed by atoms with E-state index in [0.29, 0.717) is 17.1 Å². The molecule has 3 rings (SSSR count). The van der Waals surface area contributed by atoms with Gasteiger partial charge in [0.25, 0.3) is 5.91 Å². The molecule has 1 atom stereocenters. The van der Waals surface area contributed by atoms with Crippen molar-refractivity contribution in [1.29, 1.82) is 0 Å². The standard InChI is InChI=1S/C19H17ClFN3O4/c1-10(25)22-11-3-6-17(28-2)15(7-11)23-16-9-18(26)24(19(16)27)12-4-5-14(21)13(20)8-12/h3-8,16,23H,9H2,1-2H3,(H,22,25)/t16-/m1/s1. The second kappa shape index (κ2) is 7.85. The van der Waals surface area contributed by atoms with Crippen LogP contribution < -0.4 is 20.3 Å². The Balaban J connectivity index is 1.85. The van der Waals surface area contributed by atoms with Crippen molar-refractivity contribution < 1.29 is 23.5 Å². The first-order valence-corrected chi connectivity index (χ1v) is 8.72. The highest BCUT2D eigenvalue weighted by Gasteiger charge is 2.40. The molecule has 1 saturated heterocycles. The summed E-state index contributed by atoms with van der Waals surface area (Å²) in [4.78, 5) is 37.4. The Morgan fingerprint density at radius 2 is 2.00 bits per heavy atom. The summed E-state index contributed by atoms with van der Waals surface area (Å²) in [6, 6.07) is 7.68. The van der Waals surface area contributed by atoms with Gasteiger partial charge in [-0.2, -0.15) is 0 Å². The minimum Gasteiger partial charge on any atom is -0.495 e. The molecule has 7 nitrogen and oxygen atoms in total. The molecule has 0 radical (unpaired) electrons. The smallest absolute Gasteiger partial charge is 0.256 e. The number of ether oxygens (including phenoxy) is 1. The lowest BCUT2D eigenvalue weighted by Crippen LogP contribution is -2.34. The van der Waals surface area contributed by atoms with Crippen molar-refractivity contribution in [2.75, 3.05) is 22.6 Å². The fourth-order valence-corrected chi connectivity index (χ4v) is 3.10. The van der Waals surface area contributed by atoms with E-state index in [1.54, 1.807) is 18.2 Å². The summed E-state index contributed by atoms with van der Waals surface area (Å²) in [6.07, 6.45) is -0.0959. The summed E-state index contributed by atoms with van der Waals surface area (Å²) in [7, 11) is 1.47. The average molecular weight is 406 g/mol. The third-order valence-corrected chi connectivity index (χ3v) is 4.45. The molecule has 0 aromatic heterocycles. The van der Waals surface area contributed by atoms with Crippen LogP contribution in [0.15, 0.2) is 36.4 Å². The highest BCUT2D eigenvalue weighted by Crippen LogP contribution is 2.32. The van der Waals surface area contributed by atoms with Crippen LogP contribution in [0.3, 0.4) is 0 Å². The quantitative estimate of drug-likeness (QED) is 0.746. The zero-order chi connectivity index (χ0) is 20.4. The molecule has 0 unspecified atom stereocenters. The van der Waals surface area contributed by atoms with Crippen molar-refractivity contribution in [3.05, 3.63) is 47.2 Å². The molecule has 3 amide bonds. The molecule has 1 aliphatic rings. The number of hydrogen-bond acceptors (Lipinski definition) is 5. The minimum atomic E-state index is -0.849. The molecular weight excluding hydrogens is 389 g/mol. The van der Waals surface area contributed by atoms with Crippen molar-refractivity contribution in [1.82, 2.24) is 0 Å². The van der Waals surface area contributed by atoms with Gasteiger partial charge in [0.2, 0.25) is 11.8 Å². The van der Waals surface area contributed by atoms with Crippen molar-refractivity contribution in [2.45, 2.75) is 19.4 Å². The van der Waals surface area contributed by atoms with Crippen LogP contribution in [0, 0.1) is 5.82 Å². The fourth-order valence-electron chi connectivity index (χ4n) is 2.93. The Morgan fingerprint density at radius 1 is 1.25 bits per heavy atom. The summed E-state index contributed by atoms with van der Waals surface area (Å²) >= 11 is 5.76. The van der Waals surface area contributed by atoms with E-state index in [1.165, 1.54) is 26.2 Å². The molecule has 0 aliphatic carbocycles. The van der Waals surface area contributed by atoms with E-state index < -0.39 is 23.7 Å². The molecule has 1 aliphatic heterocycles. The maximum Gasteiger partial charge on any atom is 0.256 e. The monoisotopic (exact) mass is 405 g/mol. The lowest BCUT2D eigenvalue weighted by atomic mass is 10.2. The lowest BCUT2D eigenvalue weighted by Gasteiger charge is -2.18. The van der Waals surface area contributed by atoms with Crippen LogP contribution in [0.25, 0.3) is 0 Å². The Hall–Kier alpha value is -3.13. The predicted octanol–water partition coefficient (Wildman–Crippen LogP) is 3.19. The number of hydrogen-bond donors (Lipinski definition) is 2. The number of imide groups is 1. The highest BCUT2D eigenvalue weighted by atomic mass is 35.5. The molecule has 1 heterocycles. The molecule has 1 fully saturated rings. The Bertz CT molecular complexity index is 966. The van der Waals surface area contributed by atoms with Gasteiger partial charge >= 0.3 is 0 Å². The maximum absolute atomic E-state index is 13.4. The van der Waals surface area contributed by atoms with E-state index in [2.05, 4.69) is 10.6 Å². The molecule has 0 bridgehead atoms. The van der Waals surface area contributed by atoms with Crippen molar-refractivity contribution in [3.63, 3.8) is 0 Å². The average Bonchev–Trinajstić information content (AvgIpc) is 2.91. The van der Waals surface area contributed by atoms with Crippen LogP contribution in [0.5, 0.6) is 5.75 Å². The minimum absolute atomic E-state index is 0.0959. The number of anilines is 3. The Kier molecular flexibility index (Phi) is 5.51. The molecular formula is C19H17ClFN3O4. The second-order valence-electron chi connectivity index (χ2n) is 6.16. The summed E-state index contributed by atoms with van der Waals surface area (Å²) in [5.74, 6) is -1.39. The summed E-state index contributed by atoms with van der Waals surface area (Å²) in [6.45, 7) is 1.38.